The maximum atomic E-state index is 12.0. The monoisotopic (exact) mass is 501 g/mol. The second kappa shape index (κ2) is 9.63. The molecule has 2 fully saturated rings. The van der Waals surface area contributed by atoms with E-state index in [4.69, 9.17) is 19.7 Å². The summed E-state index contributed by atoms with van der Waals surface area (Å²) in [6.07, 6.45) is 6.18. The molecule has 0 unspecified atom stereocenters. The first-order valence-corrected chi connectivity index (χ1v) is 13.7. The summed E-state index contributed by atoms with van der Waals surface area (Å²) in [5.74, 6) is 2.48. The van der Waals surface area contributed by atoms with Crippen molar-refractivity contribution in [1.82, 2.24) is 33.8 Å². The molecule has 0 atom stereocenters. The fraction of sp³-hybridized carbons (Fsp3) is 0.591. The number of aromatic nitrogens is 6. The summed E-state index contributed by atoms with van der Waals surface area (Å²) in [4.78, 5) is 27.6. The summed E-state index contributed by atoms with van der Waals surface area (Å²) in [7, 11) is -3.22. The summed E-state index contributed by atoms with van der Waals surface area (Å²) < 4.78 is 33.3. The molecule has 0 aliphatic carbocycles. The molecule has 13 heteroatoms. The molecule has 12 nitrogen and oxygen atoms in total. The van der Waals surface area contributed by atoms with Crippen LogP contribution in [0.3, 0.4) is 0 Å². The second-order valence-electron chi connectivity index (χ2n) is 9.33. The van der Waals surface area contributed by atoms with Crippen LogP contribution in [0.5, 0.6) is 0 Å². The quantitative estimate of drug-likeness (QED) is 0.480. The van der Waals surface area contributed by atoms with E-state index in [-0.39, 0.29) is 0 Å². The van der Waals surface area contributed by atoms with Gasteiger partial charge in [0.2, 0.25) is 16.0 Å². The standard InChI is InChI=1S/C22H31N9O3S/c1-16(2)14-31-21-18(25-22(31)29-4-6-30(7-5-29)35(3,32)33)20(28-8-10-34-11-9-28)26-19(27-21)17-12-23-15-24-13-17/h12-13,15-16H,4-11,14H2,1-3H3. The molecule has 0 spiro atoms. The maximum Gasteiger partial charge on any atom is 0.211 e. The highest BCUT2D eigenvalue weighted by atomic mass is 32.2. The first-order chi connectivity index (χ1) is 16.8. The molecule has 3 aromatic rings. The number of hydrogen-bond donors (Lipinski definition) is 0. The van der Waals surface area contributed by atoms with E-state index in [0.717, 1.165) is 48.1 Å². The number of piperazine rings is 1. The van der Waals surface area contributed by atoms with Crippen molar-refractivity contribution in [2.24, 2.45) is 5.92 Å². The van der Waals surface area contributed by atoms with Crippen LogP contribution in [0.25, 0.3) is 22.6 Å². The Morgan fingerprint density at radius 2 is 1.63 bits per heavy atom. The molecular formula is C22H31N9O3S. The van der Waals surface area contributed by atoms with Crippen molar-refractivity contribution in [3.05, 3.63) is 18.7 Å². The van der Waals surface area contributed by atoms with Gasteiger partial charge in [-0.05, 0) is 5.92 Å². The fourth-order valence-corrected chi connectivity index (χ4v) is 5.34. The Kier molecular flexibility index (Phi) is 6.55. The van der Waals surface area contributed by atoms with Gasteiger partial charge in [-0.2, -0.15) is 4.31 Å². The topological polar surface area (TPSA) is 122 Å². The largest absolute Gasteiger partial charge is 0.378 e. The molecule has 0 radical (unpaired) electrons. The average molecular weight is 502 g/mol. The first-order valence-electron chi connectivity index (χ1n) is 11.9. The summed E-state index contributed by atoms with van der Waals surface area (Å²) in [5, 5.41) is 0. The predicted octanol–water partition coefficient (Wildman–Crippen LogP) is 0.858. The lowest BCUT2D eigenvalue weighted by molar-refractivity contribution is 0.122. The molecule has 5 rings (SSSR count). The Bertz CT molecular complexity index is 1280. The van der Waals surface area contributed by atoms with Crippen LogP contribution in [-0.4, -0.2) is 101 Å². The van der Waals surface area contributed by atoms with E-state index >= 15 is 0 Å². The number of nitrogens with zero attached hydrogens (tertiary/aromatic N) is 9. The minimum atomic E-state index is -3.22. The molecule has 35 heavy (non-hydrogen) atoms. The summed E-state index contributed by atoms with van der Waals surface area (Å²) >= 11 is 0. The van der Waals surface area contributed by atoms with Crippen LogP contribution in [0.1, 0.15) is 13.8 Å². The molecule has 0 N–H and O–H groups in total. The normalized spacial score (nSPS) is 18.1. The van der Waals surface area contributed by atoms with E-state index in [9.17, 15) is 8.42 Å². The van der Waals surface area contributed by atoms with Crippen LogP contribution in [-0.2, 0) is 21.3 Å². The Balaban J connectivity index is 1.64. The molecule has 2 aliphatic rings. The van der Waals surface area contributed by atoms with Crippen molar-refractivity contribution in [2.75, 3.05) is 68.5 Å². The van der Waals surface area contributed by atoms with Gasteiger partial charge < -0.3 is 14.5 Å². The van der Waals surface area contributed by atoms with Crippen LogP contribution < -0.4 is 9.80 Å². The third-order valence-corrected chi connectivity index (χ3v) is 7.53. The Labute approximate surface area is 205 Å². The molecule has 2 aliphatic heterocycles. The zero-order valence-electron chi connectivity index (χ0n) is 20.3. The Hall–Kier alpha value is -2.90. The van der Waals surface area contributed by atoms with E-state index in [2.05, 4.69) is 38.2 Å². The smallest absolute Gasteiger partial charge is 0.211 e. The van der Waals surface area contributed by atoms with E-state index < -0.39 is 10.0 Å². The van der Waals surface area contributed by atoms with Gasteiger partial charge in [-0.3, -0.25) is 4.57 Å². The van der Waals surface area contributed by atoms with E-state index in [0.29, 0.717) is 51.1 Å². The predicted molar refractivity (Wildman–Crippen MR) is 133 cm³/mol. The number of morpholine rings is 1. The van der Waals surface area contributed by atoms with E-state index in [1.807, 2.05) is 0 Å². The third-order valence-electron chi connectivity index (χ3n) is 6.22. The average Bonchev–Trinajstić information content (AvgIpc) is 3.22. The van der Waals surface area contributed by atoms with Crippen LogP contribution in [0.4, 0.5) is 11.8 Å². The number of fused-ring (bicyclic) bond motifs is 1. The third kappa shape index (κ3) is 4.93. The van der Waals surface area contributed by atoms with Gasteiger partial charge in [-0.25, -0.2) is 33.3 Å². The number of hydrogen-bond acceptors (Lipinski definition) is 10. The van der Waals surface area contributed by atoms with Crippen LogP contribution in [0, 0.1) is 5.92 Å². The van der Waals surface area contributed by atoms with Gasteiger partial charge in [-0.15, -0.1) is 0 Å². The number of anilines is 2. The minimum absolute atomic E-state index is 0.355. The van der Waals surface area contributed by atoms with Crippen LogP contribution in [0.2, 0.25) is 0 Å². The summed E-state index contributed by atoms with van der Waals surface area (Å²) in [5.41, 5.74) is 2.24. The second-order valence-corrected chi connectivity index (χ2v) is 11.3. The van der Waals surface area contributed by atoms with Gasteiger partial charge in [-0.1, -0.05) is 13.8 Å². The van der Waals surface area contributed by atoms with Crippen molar-refractivity contribution in [1.29, 1.82) is 0 Å². The molecular weight excluding hydrogens is 470 g/mol. The van der Waals surface area contributed by atoms with Gasteiger partial charge in [0, 0.05) is 58.2 Å². The van der Waals surface area contributed by atoms with E-state index in [1.54, 1.807) is 12.4 Å². The highest BCUT2D eigenvalue weighted by Gasteiger charge is 2.29. The van der Waals surface area contributed by atoms with Gasteiger partial charge in [0.1, 0.15) is 6.33 Å². The van der Waals surface area contributed by atoms with Crippen molar-refractivity contribution >= 4 is 33.0 Å². The zero-order chi connectivity index (χ0) is 24.6. The number of ether oxygens (including phenoxy) is 1. The van der Waals surface area contributed by atoms with Gasteiger partial charge in [0.05, 0.1) is 25.0 Å². The SMILES string of the molecule is CC(C)Cn1c(N2CCN(S(C)(=O)=O)CC2)nc2c(N3CCOCC3)nc(-c3cncnc3)nc21. The number of sulfonamides is 1. The number of rotatable bonds is 6. The molecule has 0 saturated carbocycles. The lowest BCUT2D eigenvalue weighted by atomic mass is 10.2. The Morgan fingerprint density at radius 1 is 0.943 bits per heavy atom. The minimum Gasteiger partial charge on any atom is -0.378 e. The molecule has 3 aromatic heterocycles. The fourth-order valence-electron chi connectivity index (χ4n) is 4.51. The molecule has 188 valence electrons. The highest BCUT2D eigenvalue weighted by molar-refractivity contribution is 7.88. The maximum absolute atomic E-state index is 12.0. The van der Waals surface area contributed by atoms with Crippen molar-refractivity contribution in [3.8, 4) is 11.4 Å². The Morgan fingerprint density at radius 3 is 2.26 bits per heavy atom. The number of imidazole rings is 1. The highest BCUT2D eigenvalue weighted by Crippen LogP contribution is 2.32. The van der Waals surface area contributed by atoms with Gasteiger partial charge in [0.15, 0.2) is 22.8 Å². The van der Waals surface area contributed by atoms with Crippen molar-refractivity contribution < 1.29 is 13.2 Å². The van der Waals surface area contributed by atoms with Gasteiger partial charge in [0.25, 0.3) is 0 Å². The van der Waals surface area contributed by atoms with Crippen LogP contribution in [0.15, 0.2) is 18.7 Å². The summed E-state index contributed by atoms with van der Waals surface area (Å²) in [6.45, 7) is 9.72. The zero-order valence-corrected chi connectivity index (χ0v) is 21.1. The van der Waals surface area contributed by atoms with Crippen molar-refractivity contribution in [3.63, 3.8) is 0 Å². The molecule has 0 amide bonds. The lowest BCUT2D eigenvalue weighted by Gasteiger charge is -2.34. The van der Waals surface area contributed by atoms with Crippen LogP contribution >= 0.6 is 0 Å². The molecule has 0 bridgehead atoms. The van der Waals surface area contributed by atoms with E-state index in [1.165, 1.54) is 16.9 Å². The molecule has 0 aromatic carbocycles. The van der Waals surface area contributed by atoms with Crippen molar-refractivity contribution in [2.45, 2.75) is 20.4 Å². The van der Waals surface area contributed by atoms with Gasteiger partial charge >= 0.3 is 0 Å². The molecule has 2 saturated heterocycles. The summed E-state index contributed by atoms with van der Waals surface area (Å²) in [6, 6.07) is 0. The lowest BCUT2D eigenvalue weighted by Crippen LogP contribution is -2.49. The first kappa shape index (κ1) is 23.8. The molecule has 5 heterocycles.